The number of furan rings is 1. The molecule has 3 aromatic heterocycles. The van der Waals surface area contributed by atoms with Crippen molar-refractivity contribution in [1.29, 1.82) is 0 Å². The van der Waals surface area contributed by atoms with E-state index in [1.54, 1.807) is 18.4 Å². The molecule has 3 heterocycles. The average Bonchev–Trinajstić information content (AvgIpc) is 3.21. The van der Waals surface area contributed by atoms with Gasteiger partial charge in [0, 0.05) is 19.2 Å². The van der Waals surface area contributed by atoms with Crippen LogP contribution < -0.4 is 5.32 Å². The molecule has 0 radical (unpaired) electrons. The number of hydrogen-bond donors (Lipinski definition) is 1. The third-order valence-corrected chi connectivity index (χ3v) is 4.52. The highest BCUT2D eigenvalue weighted by atomic mass is 32.1. The predicted molar refractivity (Wildman–Crippen MR) is 87.2 cm³/mol. The van der Waals surface area contributed by atoms with Crippen LogP contribution >= 0.6 is 11.3 Å². The first-order valence-electron chi connectivity index (χ1n) is 7.21. The zero-order chi connectivity index (χ0) is 16.4. The third-order valence-electron chi connectivity index (χ3n) is 3.66. The average molecular weight is 331 g/mol. The molecular weight excluding hydrogens is 314 g/mol. The second-order valence-electron chi connectivity index (χ2n) is 5.21. The van der Waals surface area contributed by atoms with Gasteiger partial charge >= 0.3 is 0 Å². The van der Waals surface area contributed by atoms with Crippen molar-refractivity contribution in [2.45, 2.75) is 26.7 Å². The van der Waals surface area contributed by atoms with Crippen LogP contribution in [-0.4, -0.2) is 25.9 Å². The molecule has 3 aromatic rings. The first kappa shape index (κ1) is 15.4. The smallest absolute Gasteiger partial charge is 0.226 e. The van der Waals surface area contributed by atoms with Crippen LogP contribution in [0.4, 0.5) is 5.13 Å². The van der Waals surface area contributed by atoms with Gasteiger partial charge in [-0.15, -0.1) is 10.2 Å². The van der Waals surface area contributed by atoms with Crippen molar-refractivity contribution in [3.05, 3.63) is 35.3 Å². The van der Waals surface area contributed by atoms with Crippen molar-refractivity contribution in [1.82, 2.24) is 20.0 Å². The summed E-state index contributed by atoms with van der Waals surface area (Å²) < 4.78 is 7.09. The summed E-state index contributed by atoms with van der Waals surface area (Å²) in [5, 5.41) is 16.2. The Morgan fingerprint density at radius 2 is 2.22 bits per heavy atom. The summed E-state index contributed by atoms with van der Waals surface area (Å²) in [6, 6.07) is 3.59. The van der Waals surface area contributed by atoms with Crippen LogP contribution in [0.15, 0.2) is 22.8 Å². The van der Waals surface area contributed by atoms with E-state index < -0.39 is 0 Å². The molecule has 1 N–H and O–H groups in total. The van der Waals surface area contributed by atoms with E-state index in [2.05, 4.69) is 20.6 Å². The fourth-order valence-corrected chi connectivity index (χ4v) is 3.10. The van der Waals surface area contributed by atoms with E-state index in [-0.39, 0.29) is 5.91 Å². The molecule has 0 spiro atoms. The van der Waals surface area contributed by atoms with Gasteiger partial charge in [0.05, 0.1) is 12.0 Å². The van der Waals surface area contributed by atoms with Crippen LogP contribution in [0.1, 0.15) is 23.4 Å². The number of amides is 1. The van der Waals surface area contributed by atoms with Crippen molar-refractivity contribution in [3.63, 3.8) is 0 Å². The van der Waals surface area contributed by atoms with Crippen molar-refractivity contribution < 1.29 is 9.21 Å². The Kier molecular flexibility index (Phi) is 4.24. The lowest BCUT2D eigenvalue weighted by molar-refractivity contribution is -0.116. The van der Waals surface area contributed by atoms with E-state index in [9.17, 15) is 4.79 Å². The molecule has 0 atom stereocenters. The highest BCUT2D eigenvalue weighted by Gasteiger charge is 2.14. The maximum absolute atomic E-state index is 12.1. The molecule has 1 amide bonds. The number of carbonyl (C=O) groups excluding carboxylic acids is 1. The van der Waals surface area contributed by atoms with Crippen LogP contribution in [0.5, 0.6) is 0 Å². The lowest BCUT2D eigenvalue weighted by atomic mass is 10.1. The predicted octanol–water partition coefficient (Wildman–Crippen LogP) is 2.72. The summed E-state index contributed by atoms with van der Waals surface area (Å²) in [6.07, 6.45) is 2.61. The molecule has 0 unspecified atom stereocenters. The molecule has 8 heteroatoms. The van der Waals surface area contributed by atoms with E-state index in [4.69, 9.17) is 4.42 Å². The molecule has 0 saturated carbocycles. The van der Waals surface area contributed by atoms with E-state index in [0.717, 1.165) is 17.0 Å². The number of hydrogen-bond acceptors (Lipinski definition) is 6. The summed E-state index contributed by atoms with van der Waals surface area (Å²) in [6.45, 7) is 3.97. The number of rotatable bonds is 5. The summed E-state index contributed by atoms with van der Waals surface area (Å²) in [5.74, 6) is 0.555. The number of aryl methyl sites for hydroxylation is 2. The molecule has 0 aliphatic heterocycles. The number of nitrogens with one attached hydrogen (secondary N) is 1. The Labute approximate surface area is 137 Å². The van der Waals surface area contributed by atoms with Crippen LogP contribution in [0, 0.1) is 13.8 Å². The Morgan fingerprint density at radius 1 is 1.39 bits per heavy atom. The number of nitrogens with zero attached hydrogens (tertiary/aromatic N) is 4. The second-order valence-corrected chi connectivity index (χ2v) is 6.19. The Balaban J connectivity index is 1.59. The first-order valence-corrected chi connectivity index (χ1v) is 8.02. The van der Waals surface area contributed by atoms with Gasteiger partial charge < -0.3 is 9.73 Å². The van der Waals surface area contributed by atoms with Crippen molar-refractivity contribution in [2.75, 3.05) is 5.32 Å². The fraction of sp³-hybridized carbons (Fsp3) is 0.333. The molecular formula is C15H17N5O2S. The molecule has 7 nitrogen and oxygen atoms in total. The van der Waals surface area contributed by atoms with Gasteiger partial charge in [0.15, 0.2) is 10.8 Å². The highest BCUT2D eigenvalue weighted by Crippen LogP contribution is 2.26. The monoisotopic (exact) mass is 331 g/mol. The van der Waals surface area contributed by atoms with Gasteiger partial charge in [-0.25, -0.2) is 0 Å². The molecule has 0 aromatic carbocycles. The van der Waals surface area contributed by atoms with Crippen molar-refractivity contribution in [3.8, 4) is 10.8 Å². The van der Waals surface area contributed by atoms with Gasteiger partial charge in [-0.3, -0.25) is 9.48 Å². The minimum absolute atomic E-state index is 0.0882. The molecule has 0 saturated heterocycles. The SMILES string of the molecule is Cc1nn(C)c(C)c1CCC(=O)Nc1nnc(-c2ccco2)s1. The topological polar surface area (TPSA) is 85.8 Å². The summed E-state index contributed by atoms with van der Waals surface area (Å²) >= 11 is 1.29. The highest BCUT2D eigenvalue weighted by molar-refractivity contribution is 7.18. The van der Waals surface area contributed by atoms with E-state index >= 15 is 0 Å². The minimum atomic E-state index is -0.0882. The van der Waals surface area contributed by atoms with Crippen LogP contribution in [0.3, 0.4) is 0 Å². The Hall–Kier alpha value is -2.48. The Bertz CT molecular complexity index is 819. The second kappa shape index (κ2) is 6.33. The molecule has 0 bridgehead atoms. The van der Waals surface area contributed by atoms with E-state index in [1.165, 1.54) is 11.3 Å². The normalized spacial score (nSPS) is 10.9. The van der Waals surface area contributed by atoms with E-state index in [0.29, 0.717) is 28.7 Å². The fourth-order valence-electron chi connectivity index (χ4n) is 2.37. The zero-order valence-electron chi connectivity index (χ0n) is 13.2. The maximum atomic E-state index is 12.1. The quantitative estimate of drug-likeness (QED) is 0.777. The van der Waals surface area contributed by atoms with Crippen molar-refractivity contribution >= 4 is 22.4 Å². The minimum Gasteiger partial charge on any atom is -0.462 e. The van der Waals surface area contributed by atoms with Crippen LogP contribution in [0.2, 0.25) is 0 Å². The lowest BCUT2D eigenvalue weighted by Gasteiger charge is -2.02. The third kappa shape index (κ3) is 3.31. The van der Waals surface area contributed by atoms with E-state index in [1.807, 2.05) is 25.6 Å². The lowest BCUT2D eigenvalue weighted by Crippen LogP contribution is -2.12. The summed E-state index contributed by atoms with van der Waals surface area (Å²) in [5.41, 5.74) is 3.18. The first-order chi connectivity index (χ1) is 11.0. The molecule has 120 valence electrons. The number of anilines is 1. The largest absolute Gasteiger partial charge is 0.462 e. The van der Waals surface area contributed by atoms with Gasteiger partial charge in [-0.05, 0) is 38.0 Å². The molecule has 23 heavy (non-hydrogen) atoms. The Morgan fingerprint density at radius 3 is 2.87 bits per heavy atom. The maximum Gasteiger partial charge on any atom is 0.226 e. The van der Waals surface area contributed by atoms with Crippen molar-refractivity contribution in [2.24, 2.45) is 7.05 Å². The number of aromatic nitrogens is 4. The van der Waals surface area contributed by atoms with Crippen LogP contribution in [0.25, 0.3) is 10.8 Å². The zero-order valence-corrected chi connectivity index (χ0v) is 14.0. The summed E-state index contributed by atoms with van der Waals surface area (Å²) in [7, 11) is 1.91. The molecule has 3 rings (SSSR count). The van der Waals surface area contributed by atoms with Gasteiger partial charge in [-0.2, -0.15) is 5.10 Å². The van der Waals surface area contributed by atoms with Gasteiger partial charge in [0.1, 0.15) is 0 Å². The van der Waals surface area contributed by atoms with Gasteiger partial charge in [-0.1, -0.05) is 11.3 Å². The molecule has 0 aliphatic carbocycles. The van der Waals surface area contributed by atoms with Crippen LogP contribution in [-0.2, 0) is 18.3 Å². The molecule has 0 aliphatic rings. The van der Waals surface area contributed by atoms with Gasteiger partial charge in [0.25, 0.3) is 0 Å². The van der Waals surface area contributed by atoms with Gasteiger partial charge in [0.2, 0.25) is 11.0 Å². The summed E-state index contributed by atoms with van der Waals surface area (Å²) in [4.78, 5) is 12.1. The number of carbonyl (C=O) groups is 1. The molecule has 0 fully saturated rings. The standard InChI is InChI=1S/C15H17N5O2S/c1-9-11(10(2)20(3)19-9)6-7-13(21)16-15-18-17-14(23-15)12-5-4-8-22-12/h4-5,8H,6-7H2,1-3H3,(H,16,18,21).